The van der Waals surface area contributed by atoms with Gasteiger partial charge < -0.3 is 15.5 Å². The zero-order valence-electron chi connectivity index (χ0n) is 7.99. The number of aldehydes is 1. The minimum atomic E-state index is 0.583. The van der Waals surface area contributed by atoms with Gasteiger partial charge in [-0.05, 0) is 12.5 Å². The Labute approximate surface area is 83.7 Å². The number of unbranched alkanes of at least 4 members (excludes halogenated alkanes) is 1. The molecule has 0 fully saturated rings. The molecule has 3 heteroatoms. The summed E-state index contributed by atoms with van der Waals surface area (Å²) in [5.41, 5.74) is 1.83. The Morgan fingerprint density at radius 3 is 2.86 bits per heavy atom. The van der Waals surface area contributed by atoms with Crippen molar-refractivity contribution in [2.75, 3.05) is 11.9 Å². The van der Waals surface area contributed by atoms with Gasteiger partial charge in [0, 0.05) is 30.4 Å². The molecule has 0 aliphatic carbocycles. The Morgan fingerprint density at radius 1 is 1.36 bits per heavy atom. The first-order valence-electron chi connectivity index (χ1n) is 4.65. The molecule has 0 aromatic heterocycles. The van der Waals surface area contributed by atoms with Crippen molar-refractivity contribution >= 4 is 18.2 Å². The normalized spacial score (nSPS) is 9.43. The Hall–Kier alpha value is -1.64. The summed E-state index contributed by atoms with van der Waals surface area (Å²) in [5, 5.41) is 10.4. The van der Waals surface area contributed by atoms with Gasteiger partial charge in [-0.1, -0.05) is 18.2 Å². The van der Waals surface area contributed by atoms with Gasteiger partial charge in [-0.25, -0.2) is 0 Å². The van der Waals surface area contributed by atoms with Crippen LogP contribution in [0.2, 0.25) is 0 Å². The van der Waals surface area contributed by atoms with E-state index in [1.807, 2.05) is 24.3 Å². The van der Waals surface area contributed by atoms with Crippen molar-refractivity contribution in [1.82, 2.24) is 0 Å². The Bertz CT molecular complexity index is 310. The van der Waals surface area contributed by atoms with Gasteiger partial charge in [-0.3, -0.25) is 0 Å². The molecule has 0 radical (unpaired) electrons. The van der Waals surface area contributed by atoms with E-state index in [0.29, 0.717) is 6.42 Å². The smallest absolute Gasteiger partial charge is 0.120 e. The Balaban J connectivity index is 2.48. The quantitative estimate of drug-likeness (QED) is 0.410. The van der Waals surface area contributed by atoms with Crippen molar-refractivity contribution in [2.45, 2.75) is 12.8 Å². The van der Waals surface area contributed by atoms with E-state index in [1.54, 1.807) is 0 Å². The minimum Gasteiger partial charge on any atom is -0.385 e. The third-order valence-corrected chi connectivity index (χ3v) is 1.93. The summed E-state index contributed by atoms with van der Waals surface area (Å²) < 4.78 is 0. The predicted molar refractivity (Wildman–Crippen MR) is 58.1 cm³/mol. The number of carbonyl (C=O) groups is 1. The van der Waals surface area contributed by atoms with Crippen LogP contribution in [0.1, 0.15) is 18.4 Å². The number of para-hydroxylation sites is 1. The molecule has 0 bridgehead atoms. The zero-order valence-corrected chi connectivity index (χ0v) is 7.99. The van der Waals surface area contributed by atoms with Gasteiger partial charge in [0.15, 0.2) is 0 Å². The minimum absolute atomic E-state index is 0.583. The monoisotopic (exact) mass is 190 g/mol. The molecule has 1 aromatic rings. The van der Waals surface area contributed by atoms with Crippen LogP contribution in [0.4, 0.5) is 5.69 Å². The summed E-state index contributed by atoms with van der Waals surface area (Å²) in [5.74, 6) is 0. The molecule has 0 amide bonds. The highest BCUT2D eigenvalue weighted by molar-refractivity contribution is 5.85. The van der Waals surface area contributed by atoms with Crippen LogP contribution in [-0.2, 0) is 4.79 Å². The second-order valence-electron chi connectivity index (χ2n) is 2.97. The van der Waals surface area contributed by atoms with Crippen LogP contribution in [0.15, 0.2) is 24.3 Å². The van der Waals surface area contributed by atoms with Crippen LogP contribution < -0.4 is 5.32 Å². The van der Waals surface area contributed by atoms with E-state index in [2.05, 4.69) is 5.32 Å². The number of hydrogen-bond donors (Lipinski definition) is 2. The fraction of sp³-hybridized carbons (Fsp3) is 0.273. The second kappa shape index (κ2) is 5.91. The second-order valence-corrected chi connectivity index (χ2v) is 2.97. The molecule has 0 aliphatic heterocycles. The molecule has 0 saturated heterocycles. The molecule has 0 saturated carbocycles. The van der Waals surface area contributed by atoms with E-state index < -0.39 is 0 Å². The predicted octanol–water partition coefficient (Wildman–Crippen LogP) is 2.08. The number of hydrogen-bond acceptors (Lipinski definition) is 3. The summed E-state index contributed by atoms with van der Waals surface area (Å²) in [6, 6.07) is 7.64. The topological polar surface area (TPSA) is 53.0 Å². The fourth-order valence-electron chi connectivity index (χ4n) is 1.19. The maximum absolute atomic E-state index is 10.1. The molecule has 0 spiro atoms. The van der Waals surface area contributed by atoms with Crippen molar-refractivity contribution in [3.05, 3.63) is 29.8 Å². The summed E-state index contributed by atoms with van der Waals surface area (Å²) >= 11 is 0. The number of carbonyl (C=O) groups excluding carboxylic acids is 1. The summed E-state index contributed by atoms with van der Waals surface area (Å²) in [7, 11) is 0. The van der Waals surface area contributed by atoms with Gasteiger partial charge in [0.05, 0.1) is 0 Å². The Kier molecular flexibility index (Phi) is 4.41. The average Bonchev–Trinajstić information content (AvgIpc) is 2.25. The maximum atomic E-state index is 10.1. The molecule has 14 heavy (non-hydrogen) atoms. The highest BCUT2D eigenvalue weighted by atomic mass is 16.1. The van der Waals surface area contributed by atoms with Crippen LogP contribution in [0.3, 0.4) is 0 Å². The van der Waals surface area contributed by atoms with E-state index in [9.17, 15) is 4.79 Å². The maximum Gasteiger partial charge on any atom is 0.120 e. The van der Waals surface area contributed by atoms with E-state index in [4.69, 9.17) is 5.41 Å². The van der Waals surface area contributed by atoms with Crippen LogP contribution in [0.5, 0.6) is 0 Å². The lowest BCUT2D eigenvalue weighted by Gasteiger charge is -2.07. The molecule has 0 unspecified atom stereocenters. The highest BCUT2D eigenvalue weighted by Gasteiger charge is 1.96. The van der Waals surface area contributed by atoms with Crippen molar-refractivity contribution in [1.29, 1.82) is 5.41 Å². The summed E-state index contributed by atoms with van der Waals surface area (Å²) in [6.07, 6.45) is 3.65. The molecule has 0 heterocycles. The van der Waals surface area contributed by atoms with E-state index in [0.717, 1.165) is 30.5 Å². The first-order chi connectivity index (χ1) is 6.88. The SMILES string of the molecule is N=Cc1ccccc1NCCCC=O. The Morgan fingerprint density at radius 2 is 2.14 bits per heavy atom. The van der Waals surface area contributed by atoms with E-state index in [1.165, 1.54) is 6.21 Å². The fourth-order valence-corrected chi connectivity index (χ4v) is 1.19. The first-order valence-corrected chi connectivity index (χ1v) is 4.65. The van der Waals surface area contributed by atoms with Crippen LogP contribution in [0, 0.1) is 5.41 Å². The van der Waals surface area contributed by atoms with Gasteiger partial charge in [0.1, 0.15) is 6.29 Å². The number of rotatable bonds is 6. The lowest BCUT2D eigenvalue weighted by molar-refractivity contribution is -0.107. The third kappa shape index (κ3) is 3.01. The van der Waals surface area contributed by atoms with Gasteiger partial charge in [0.2, 0.25) is 0 Å². The van der Waals surface area contributed by atoms with Crippen LogP contribution in [0.25, 0.3) is 0 Å². The molecule has 3 nitrogen and oxygen atoms in total. The van der Waals surface area contributed by atoms with Crippen LogP contribution in [-0.4, -0.2) is 19.0 Å². The third-order valence-electron chi connectivity index (χ3n) is 1.93. The summed E-state index contributed by atoms with van der Waals surface area (Å²) in [4.78, 5) is 10.1. The molecular formula is C11H14N2O. The highest BCUT2D eigenvalue weighted by Crippen LogP contribution is 2.12. The molecule has 1 aromatic carbocycles. The lowest BCUT2D eigenvalue weighted by atomic mass is 10.2. The van der Waals surface area contributed by atoms with Crippen molar-refractivity contribution in [3.8, 4) is 0 Å². The number of nitrogens with one attached hydrogen (secondary N) is 2. The number of benzene rings is 1. The zero-order chi connectivity index (χ0) is 10.2. The summed E-state index contributed by atoms with van der Waals surface area (Å²) in [6.45, 7) is 0.767. The number of anilines is 1. The molecule has 0 aliphatic rings. The molecular weight excluding hydrogens is 176 g/mol. The van der Waals surface area contributed by atoms with Crippen LogP contribution >= 0.6 is 0 Å². The largest absolute Gasteiger partial charge is 0.385 e. The first kappa shape index (κ1) is 10.4. The van der Waals surface area contributed by atoms with E-state index >= 15 is 0 Å². The van der Waals surface area contributed by atoms with Crippen molar-refractivity contribution in [2.24, 2.45) is 0 Å². The van der Waals surface area contributed by atoms with Crippen molar-refractivity contribution in [3.63, 3.8) is 0 Å². The lowest BCUT2D eigenvalue weighted by Crippen LogP contribution is -2.03. The molecule has 2 N–H and O–H groups in total. The van der Waals surface area contributed by atoms with E-state index in [-0.39, 0.29) is 0 Å². The van der Waals surface area contributed by atoms with Gasteiger partial charge in [0.25, 0.3) is 0 Å². The molecule has 74 valence electrons. The van der Waals surface area contributed by atoms with Crippen molar-refractivity contribution < 1.29 is 4.79 Å². The standard InChI is InChI=1S/C11H14N2O/c12-9-10-5-1-2-6-11(10)13-7-3-4-8-14/h1-2,5-6,8-9,12-13H,3-4,7H2. The van der Waals surface area contributed by atoms with Gasteiger partial charge in [-0.2, -0.15) is 0 Å². The average molecular weight is 190 g/mol. The molecule has 1 rings (SSSR count). The van der Waals surface area contributed by atoms with Gasteiger partial charge in [-0.15, -0.1) is 0 Å². The van der Waals surface area contributed by atoms with Gasteiger partial charge >= 0.3 is 0 Å². The molecule has 0 atom stereocenters.